The number of ether oxygens (including phenoxy) is 6. The first-order chi connectivity index (χ1) is 37.6. The molecule has 6 aliphatic heterocycles. The number of nitrogens with zero attached hydrogens (tertiary/aromatic N) is 2. The first-order valence-electron chi connectivity index (χ1n) is 29.0. The van der Waals surface area contributed by atoms with E-state index in [-0.39, 0.29) is 96.3 Å². The smallest absolute Gasteiger partial charge is 0.338 e. The zero-order valence-corrected chi connectivity index (χ0v) is 49.7. The Bertz CT molecular complexity index is 2620. The number of carbonyl (C=O) groups is 4. The van der Waals surface area contributed by atoms with Crippen LogP contribution in [0.1, 0.15) is 170 Å². The van der Waals surface area contributed by atoms with Crippen molar-refractivity contribution in [2.24, 2.45) is 35.0 Å². The van der Waals surface area contributed by atoms with Crippen molar-refractivity contribution in [3.63, 3.8) is 0 Å². The highest BCUT2D eigenvalue weighted by Crippen LogP contribution is 2.47. The number of carbonyl (C=O) groups excluding carboxylic acids is 4. The quantitative estimate of drug-likeness (QED) is 0.104. The summed E-state index contributed by atoms with van der Waals surface area (Å²) in [4.78, 5) is 60.7. The summed E-state index contributed by atoms with van der Waals surface area (Å²) in [5, 5.41) is 36.2. The Kier molecular flexibility index (Phi) is 20.5. The number of oxazole rings is 2. The highest BCUT2D eigenvalue weighted by Gasteiger charge is 2.59. The van der Waals surface area contributed by atoms with Crippen LogP contribution in [-0.2, 0) is 47.6 Å². The topological polar surface area (TPSA) is 258 Å². The maximum Gasteiger partial charge on any atom is 0.338 e. The summed E-state index contributed by atoms with van der Waals surface area (Å²) in [6, 6.07) is -0.315. The Morgan fingerprint density at radius 1 is 0.800 bits per heavy atom. The molecular formula is C62H91N3O15. The molecule has 0 spiro atoms. The first kappa shape index (κ1) is 62.8. The zero-order valence-electron chi connectivity index (χ0n) is 49.7. The minimum atomic E-state index is -1.18. The van der Waals surface area contributed by atoms with Gasteiger partial charge in [-0.25, -0.2) is 14.8 Å². The van der Waals surface area contributed by atoms with E-state index in [0.717, 1.165) is 60.9 Å². The zero-order chi connectivity index (χ0) is 58.6. The number of hydrogen-bond donors (Lipinski definition) is 4. The van der Waals surface area contributed by atoms with Gasteiger partial charge in [-0.1, -0.05) is 66.2 Å². The molecule has 6 fully saturated rings. The lowest BCUT2D eigenvalue weighted by Gasteiger charge is -2.34. The van der Waals surface area contributed by atoms with E-state index in [0.29, 0.717) is 36.7 Å². The molecule has 6 saturated heterocycles. The molecule has 2 aromatic heterocycles. The molecule has 0 saturated carbocycles. The largest absolute Gasteiger partial charge is 0.462 e. The number of aromatic nitrogens is 2. The van der Waals surface area contributed by atoms with Crippen molar-refractivity contribution in [2.45, 2.75) is 239 Å². The Hall–Kier alpha value is -4.82. The van der Waals surface area contributed by atoms with Gasteiger partial charge in [-0.3, -0.25) is 14.4 Å². The number of Topliss-reactive ketones (excluding diaryl/α,β-unsaturated/α-hetero) is 1. The van der Waals surface area contributed by atoms with E-state index in [9.17, 15) is 34.5 Å². The van der Waals surface area contributed by atoms with Crippen LogP contribution in [0.5, 0.6) is 0 Å². The van der Waals surface area contributed by atoms with E-state index in [4.69, 9.17) is 37.3 Å². The minimum Gasteiger partial charge on any atom is -0.462 e. The molecule has 18 unspecified atom stereocenters. The Morgan fingerprint density at radius 2 is 1.46 bits per heavy atom. The predicted molar refractivity (Wildman–Crippen MR) is 298 cm³/mol. The van der Waals surface area contributed by atoms with Crippen LogP contribution in [0.2, 0.25) is 0 Å². The van der Waals surface area contributed by atoms with Gasteiger partial charge >= 0.3 is 11.9 Å². The van der Waals surface area contributed by atoms with Crippen molar-refractivity contribution in [1.82, 2.24) is 15.3 Å². The normalized spacial score (nSPS) is 37.6. The molecule has 6 aliphatic rings. The van der Waals surface area contributed by atoms with Gasteiger partial charge in [0.15, 0.2) is 17.9 Å². The Balaban J connectivity index is 0.000000239. The number of aliphatic hydroxyl groups excluding tert-OH is 3. The van der Waals surface area contributed by atoms with Crippen molar-refractivity contribution in [3.8, 4) is 0 Å². The Labute approximate surface area is 472 Å². The minimum absolute atomic E-state index is 0.00908. The average Bonchev–Trinajstić information content (AvgIpc) is 4.44. The van der Waals surface area contributed by atoms with Crippen LogP contribution >= 0.6 is 0 Å². The molecule has 8 rings (SSSR count). The monoisotopic (exact) mass is 1120 g/mol. The number of nitrogens with one attached hydrogen (secondary N) is 1. The number of cyclic esters (lactones) is 1. The third-order valence-electron chi connectivity index (χ3n) is 18.1. The van der Waals surface area contributed by atoms with Crippen LogP contribution in [0.25, 0.3) is 12.2 Å². The molecule has 18 nitrogen and oxygen atoms in total. The molecule has 0 aromatic carbocycles. The number of aliphatic hydroxyl groups is 3. The van der Waals surface area contributed by atoms with Crippen LogP contribution in [0.4, 0.5) is 0 Å². The van der Waals surface area contributed by atoms with Gasteiger partial charge in [-0.2, -0.15) is 0 Å². The molecule has 0 radical (unpaired) electrons. The van der Waals surface area contributed by atoms with Crippen molar-refractivity contribution in [1.29, 1.82) is 0 Å². The SMILES string of the molecule is C/C(=C\c1coc(C)n1)C1CC2OC2(C)CCCC(C)C(O)C(C)C(=O)C(C)(C)C(O)CC(=O)N1.COC(/C(C)=C/C=C/C(C)=C/c1coc(C)n1)C(C)C1CC(O)C2(C)OC2CCC(C)C2CC(CC(=O)O2)CC2OC2C(=O)O1. The van der Waals surface area contributed by atoms with Gasteiger partial charge in [0.25, 0.3) is 0 Å². The number of allylic oxidation sites excluding steroid dienone is 4. The Morgan fingerprint density at radius 3 is 2.11 bits per heavy atom. The highest BCUT2D eigenvalue weighted by atomic mass is 16.6. The van der Waals surface area contributed by atoms with Crippen LogP contribution in [-0.4, -0.2) is 134 Å². The van der Waals surface area contributed by atoms with E-state index in [1.54, 1.807) is 54.3 Å². The third kappa shape index (κ3) is 15.8. The maximum absolute atomic E-state index is 13.4. The second kappa shape index (κ2) is 26.2. The summed E-state index contributed by atoms with van der Waals surface area (Å²) in [6.45, 7) is 24.5. The van der Waals surface area contributed by atoms with Gasteiger partial charge < -0.3 is 57.9 Å². The van der Waals surface area contributed by atoms with E-state index < -0.39 is 53.4 Å². The molecule has 18 heteroatoms. The lowest BCUT2D eigenvalue weighted by atomic mass is 9.72. The average molecular weight is 1120 g/mol. The van der Waals surface area contributed by atoms with Crippen molar-refractivity contribution >= 4 is 35.8 Å². The van der Waals surface area contributed by atoms with E-state index >= 15 is 0 Å². The predicted octanol–water partition coefficient (Wildman–Crippen LogP) is 8.85. The van der Waals surface area contributed by atoms with Crippen molar-refractivity contribution < 1.29 is 71.8 Å². The number of hydrogen-bond acceptors (Lipinski definition) is 17. The number of rotatable bonds is 9. The summed E-state index contributed by atoms with van der Waals surface area (Å²) in [5.74, 6) is -0.764. The number of ketones is 1. The molecule has 8 heterocycles. The fraction of sp³-hybridized carbons (Fsp3) is 0.710. The molecule has 1 amide bonds. The molecule has 18 atom stereocenters. The number of epoxide rings is 3. The molecule has 2 bridgehead atoms. The summed E-state index contributed by atoms with van der Waals surface area (Å²) in [5.41, 5.74) is 2.10. The lowest BCUT2D eigenvalue weighted by Crippen LogP contribution is -2.47. The van der Waals surface area contributed by atoms with Crippen LogP contribution in [0.3, 0.4) is 0 Å². The summed E-state index contributed by atoms with van der Waals surface area (Å²) >= 11 is 0. The van der Waals surface area contributed by atoms with Gasteiger partial charge in [-0.05, 0) is 120 Å². The van der Waals surface area contributed by atoms with E-state index in [1.807, 2.05) is 71.9 Å². The first-order valence-corrected chi connectivity index (χ1v) is 29.0. The van der Waals surface area contributed by atoms with Crippen LogP contribution in [0.15, 0.2) is 56.3 Å². The van der Waals surface area contributed by atoms with Crippen molar-refractivity contribution in [3.05, 3.63) is 70.6 Å². The maximum atomic E-state index is 13.4. The fourth-order valence-corrected chi connectivity index (χ4v) is 12.2. The van der Waals surface area contributed by atoms with Gasteiger partial charge in [0.2, 0.25) is 5.91 Å². The molecular weight excluding hydrogens is 1030 g/mol. The molecule has 2 aromatic rings. The van der Waals surface area contributed by atoms with Gasteiger partial charge in [0, 0.05) is 52.1 Å². The third-order valence-corrected chi connectivity index (χ3v) is 18.1. The lowest BCUT2D eigenvalue weighted by molar-refractivity contribution is -0.160. The second-order valence-electron chi connectivity index (χ2n) is 25.1. The molecule has 444 valence electrons. The highest BCUT2D eigenvalue weighted by molar-refractivity contribution is 5.88. The van der Waals surface area contributed by atoms with Crippen LogP contribution in [0, 0.1) is 48.9 Å². The van der Waals surface area contributed by atoms with E-state index in [1.165, 1.54) is 0 Å². The molecule has 0 aliphatic carbocycles. The van der Waals surface area contributed by atoms with Crippen LogP contribution < -0.4 is 5.32 Å². The van der Waals surface area contributed by atoms with Crippen molar-refractivity contribution in [2.75, 3.05) is 7.11 Å². The number of esters is 2. The second-order valence-corrected chi connectivity index (χ2v) is 25.1. The standard InChI is InChI=1S/C35H49NO9.C27H42N2O6/c1-19(13-25-18-41-23(5)36-25)9-8-10-21(3)32(40-7)22(4)27-17-29(37)35(6)30(45-35)12-11-20(2)26-14-24(16-31(38)42-26)15-28-33(43-28)34(39)44-27;1-15-9-8-10-27(7)22(35-27)12-20(16(2)11-19-14-34-18(4)28-19)29-23(31)13-21(30)26(5,6)25(33)17(3)24(15)32/h8-10,13,18,20,22,24,26-30,32-33,37H,11-12,14-17H2,1-7H3;11,14-15,17,20-22,24,30,32H,8-10,12-13H2,1-7H3,(H,29,31)/b9-8+,19-13+,21-10+;16-11+. The summed E-state index contributed by atoms with van der Waals surface area (Å²) in [6.07, 6.45) is 14.1. The van der Waals surface area contributed by atoms with Gasteiger partial charge in [0.05, 0.1) is 66.2 Å². The molecule has 80 heavy (non-hydrogen) atoms. The molecule has 4 N–H and O–H groups in total. The number of methoxy groups -OCH3 is 1. The number of amides is 1. The summed E-state index contributed by atoms with van der Waals surface area (Å²) < 4.78 is 46.3. The summed E-state index contributed by atoms with van der Waals surface area (Å²) in [7, 11) is 1.64. The van der Waals surface area contributed by atoms with E-state index in [2.05, 4.69) is 29.1 Å². The van der Waals surface area contributed by atoms with Gasteiger partial charge in [0.1, 0.15) is 47.5 Å². The van der Waals surface area contributed by atoms with Gasteiger partial charge in [-0.15, -0.1) is 0 Å². The number of aryl methyl sites for hydroxylation is 2. The number of fused-ring (bicyclic) bond motifs is 5. The fourth-order valence-electron chi connectivity index (χ4n) is 12.2.